The number of benzene rings is 2. The van der Waals surface area contributed by atoms with Crippen LogP contribution in [0.2, 0.25) is 0 Å². The smallest absolute Gasteiger partial charge is 0.341 e. The second kappa shape index (κ2) is 7.73. The fraction of sp³-hybridized carbons (Fsp3) is 0.0556. The largest absolute Gasteiger partial charge is 0.482 e. The van der Waals surface area contributed by atoms with Gasteiger partial charge in [0.05, 0.1) is 5.56 Å². The van der Waals surface area contributed by atoms with E-state index in [0.29, 0.717) is 16.9 Å². The van der Waals surface area contributed by atoms with Gasteiger partial charge in [0.15, 0.2) is 12.4 Å². The Kier molecular flexibility index (Phi) is 5.46. The van der Waals surface area contributed by atoms with Crippen LogP contribution in [-0.2, 0) is 4.79 Å². The molecule has 2 aromatic carbocycles. The third-order valence-electron chi connectivity index (χ3n) is 3.09. The van der Waals surface area contributed by atoms with Gasteiger partial charge in [0.25, 0.3) is 0 Å². The van der Waals surface area contributed by atoms with Gasteiger partial charge in [0, 0.05) is 5.56 Å². The molecule has 0 saturated carbocycles. The van der Waals surface area contributed by atoms with Crippen molar-refractivity contribution < 1.29 is 29.3 Å². The number of carboxylic acids is 2. The van der Waals surface area contributed by atoms with Crippen molar-refractivity contribution >= 4 is 23.8 Å². The highest BCUT2D eigenvalue weighted by atomic mass is 16.5. The average molecular weight is 326 g/mol. The molecule has 6 heteroatoms. The first-order chi connectivity index (χ1) is 11.5. The summed E-state index contributed by atoms with van der Waals surface area (Å²) in [6, 6.07) is 12.3. The third kappa shape index (κ3) is 4.81. The van der Waals surface area contributed by atoms with E-state index >= 15 is 0 Å². The molecule has 0 fully saturated rings. The minimum atomic E-state index is -1.08. The molecule has 0 aliphatic carbocycles. The molecule has 24 heavy (non-hydrogen) atoms. The van der Waals surface area contributed by atoms with Crippen molar-refractivity contribution in [2.75, 3.05) is 6.61 Å². The minimum Gasteiger partial charge on any atom is -0.482 e. The molecule has 6 nitrogen and oxygen atoms in total. The Balaban J connectivity index is 2.00. The first kappa shape index (κ1) is 17.0. The molecule has 0 radical (unpaired) electrons. The maximum atomic E-state index is 12.1. The van der Waals surface area contributed by atoms with Crippen LogP contribution in [0.1, 0.15) is 26.3 Å². The van der Waals surface area contributed by atoms with Crippen molar-refractivity contribution in [3.05, 3.63) is 71.3 Å². The van der Waals surface area contributed by atoms with E-state index in [1.165, 1.54) is 42.5 Å². The van der Waals surface area contributed by atoms with Crippen LogP contribution in [0.4, 0.5) is 0 Å². The number of ether oxygens (including phenoxy) is 1. The summed E-state index contributed by atoms with van der Waals surface area (Å²) in [4.78, 5) is 33.2. The number of aliphatic carboxylic acids is 1. The molecule has 0 saturated heterocycles. The highest BCUT2D eigenvalue weighted by Crippen LogP contribution is 2.14. The molecule has 2 N–H and O–H groups in total. The number of rotatable bonds is 7. The van der Waals surface area contributed by atoms with Crippen molar-refractivity contribution in [2.24, 2.45) is 0 Å². The summed E-state index contributed by atoms with van der Waals surface area (Å²) in [6.07, 6.45) is 2.96. The van der Waals surface area contributed by atoms with E-state index in [1.807, 2.05) is 0 Å². The second-order valence-electron chi connectivity index (χ2n) is 4.83. The van der Waals surface area contributed by atoms with Crippen LogP contribution in [0.5, 0.6) is 5.75 Å². The zero-order valence-corrected chi connectivity index (χ0v) is 12.5. The summed E-state index contributed by atoms with van der Waals surface area (Å²) in [5.41, 5.74) is 1.31. The monoisotopic (exact) mass is 326 g/mol. The fourth-order valence-corrected chi connectivity index (χ4v) is 1.87. The maximum absolute atomic E-state index is 12.1. The molecule has 0 heterocycles. The Morgan fingerprint density at radius 3 is 2.00 bits per heavy atom. The van der Waals surface area contributed by atoms with Crippen molar-refractivity contribution in [1.82, 2.24) is 0 Å². The number of carbonyl (C=O) groups excluding carboxylic acids is 1. The number of allylic oxidation sites excluding steroid dienone is 1. The summed E-state index contributed by atoms with van der Waals surface area (Å²) in [7, 11) is 0. The molecule has 0 aliphatic rings. The lowest BCUT2D eigenvalue weighted by molar-refractivity contribution is -0.139. The average Bonchev–Trinajstić information content (AvgIpc) is 2.58. The van der Waals surface area contributed by atoms with E-state index in [1.54, 1.807) is 18.2 Å². The first-order valence-electron chi connectivity index (χ1n) is 6.96. The minimum absolute atomic E-state index is 0.176. The van der Waals surface area contributed by atoms with Crippen LogP contribution < -0.4 is 4.74 Å². The van der Waals surface area contributed by atoms with Crippen LogP contribution in [0.3, 0.4) is 0 Å². The molecule has 0 atom stereocenters. The van der Waals surface area contributed by atoms with Crippen LogP contribution in [0, 0.1) is 0 Å². The van der Waals surface area contributed by atoms with Crippen molar-refractivity contribution in [3.8, 4) is 5.75 Å². The van der Waals surface area contributed by atoms with Crippen LogP contribution in [-0.4, -0.2) is 34.5 Å². The van der Waals surface area contributed by atoms with Gasteiger partial charge in [-0.15, -0.1) is 0 Å². The van der Waals surface area contributed by atoms with E-state index in [9.17, 15) is 14.4 Å². The van der Waals surface area contributed by atoms with E-state index in [4.69, 9.17) is 14.9 Å². The number of carboxylic acid groups (broad SMARTS) is 2. The number of aromatic carboxylic acids is 1. The molecule has 2 rings (SSSR count). The Hall–Kier alpha value is -3.41. The van der Waals surface area contributed by atoms with E-state index in [2.05, 4.69) is 0 Å². The van der Waals surface area contributed by atoms with E-state index in [0.717, 1.165) is 0 Å². The Morgan fingerprint density at radius 2 is 1.46 bits per heavy atom. The summed E-state index contributed by atoms with van der Waals surface area (Å²) in [5.74, 6) is -1.96. The Labute approximate surface area is 137 Å². The highest BCUT2D eigenvalue weighted by molar-refractivity contribution is 6.06. The van der Waals surface area contributed by atoms with Crippen LogP contribution in [0.25, 0.3) is 6.08 Å². The molecule has 0 aliphatic heterocycles. The van der Waals surface area contributed by atoms with Gasteiger partial charge in [-0.2, -0.15) is 0 Å². The Bertz CT molecular complexity index is 772. The molecule has 122 valence electrons. The second-order valence-corrected chi connectivity index (χ2v) is 4.83. The Morgan fingerprint density at radius 1 is 0.875 bits per heavy atom. The maximum Gasteiger partial charge on any atom is 0.341 e. The van der Waals surface area contributed by atoms with Gasteiger partial charge in [-0.3, -0.25) is 4.79 Å². The summed E-state index contributed by atoms with van der Waals surface area (Å²) in [6.45, 7) is -0.445. The molecular weight excluding hydrogens is 312 g/mol. The molecule has 0 bridgehead atoms. The van der Waals surface area contributed by atoms with Crippen molar-refractivity contribution in [3.63, 3.8) is 0 Å². The van der Waals surface area contributed by atoms with Crippen molar-refractivity contribution in [1.29, 1.82) is 0 Å². The number of hydrogen-bond acceptors (Lipinski definition) is 4. The predicted molar refractivity (Wildman–Crippen MR) is 86.3 cm³/mol. The third-order valence-corrected chi connectivity index (χ3v) is 3.09. The van der Waals surface area contributed by atoms with Crippen LogP contribution in [0.15, 0.2) is 54.6 Å². The van der Waals surface area contributed by atoms with Crippen LogP contribution >= 0.6 is 0 Å². The lowest BCUT2D eigenvalue weighted by Gasteiger charge is -2.03. The quantitative estimate of drug-likeness (QED) is 0.599. The summed E-state index contributed by atoms with van der Waals surface area (Å²) < 4.78 is 4.99. The standard InChI is InChI=1S/C18H14O6/c19-16(10-3-12-1-4-14(5-2-12)18(22)23)13-6-8-15(9-7-13)24-11-17(20)21/h1-10H,11H2,(H,20,21)(H,22,23)/b10-3+. The highest BCUT2D eigenvalue weighted by Gasteiger charge is 2.04. The first-order valence-corrected chi connectivity index (χ1v) is 6.96. The molecule has 2 aromatic rings. The number of hydrogen-bond donors (Lipinski definition) is 2. The molecule has 0 spiro atoms. The summed E-state index contributed by atoms with van der Waals surface area (Å²) in [5, 5.41) is 17.3. The van der Waals surface area contributed by atoms with E-state index in [-0.39, 0.29) is 11.3 Å². The van der Waals surface area contributed by atoms with E-state index < -0.39 is 18.5 Å². The molecule has 0 aromatic heterocycles. The molecule has 0 amide bonds. The zero-order chi connectivity index (χ0) is 17.5. The van der Waals surface area contributed by atoms with Gasteiger partial charge in [-0.1, -0.05) is 18.2 Å². The van der Waals surface area contributed by atoms with Gasteiger partial charge < -0.3 is 14.9 Å². The number of ketones is 1. The van der Waals surface area contributed by atoms with Gasteiger partial charge in [0.2, 0.25) is 0 Å². The van der Waals surface area contributed by atoms with Gasteiger partial charge in [-0.05, 0) is 48.0 Å². The fourth-order valence-electron chi connectivity index (χ4n) is 1.87. The lowest BCUT2D eigenvalue weighted by Crippen LogP contribution is -2.09. The normalized spacial score (nSPS) is 10.5. The van der Waals surface area contributed by atoms with Gasteiger partial charge in [0.1, 0.15) is 5.75 Å². The summed E-state index contributed by atoms with van der Waals surface area (Å²) >= 11 is 0. The zero-order valence-electron chi connectivity index (χ0n) is 12.5. The SMILES string of the molecule is O=C(O)COc1ccc(C(=O)/C=C/c2ccc(C(=O)O)cc2)cc1. The van der Waals surface area contributed by atoms with Gasteiger partial charge in [-0.25, -0.2) is 9.59 Å². The lowest BCUT2D eigenvalue weighted by atomic mass is 10.1. The number of carbonyl (C=O) groups is 3. The predicted octanol–water partition coefficient (Wildman–Crippen LogP) is 2.74. The van der Waals surface area contributed by atoms with Crippen molar-refractivity contribution in [2.45, 2.75) is 0 Å². The molecular formula is C18H14O6. The topological polar surface area (TPSA) is 101 Å². The molecule has 0 unspecified atom stereocenters. The van der Waals surface area contributed by atoms with Gasteiger partial charge >= 0.3 is 11.9 Å².